The number of nitrogens with zero attached hydrogens (tertiary/aromatic N) is 6. The first-order valence-electron chi connectivity index (χ1n) is 9.33. The van der Waals surface area contributed by atoms with Crippen molar-refractivity contribution in [1.82, 2.24) is 30.0 Å². The van der Waals surface area contributed by atoms with Gasteiger partial charge in [0, 0.05) is 36.8 Å². The Balaban J connectivity index is 1.37. The molecule has 4 rings (SSSR count). The molecule has 2 heterocycles. The first kappa shape index (κ1) is 19.4. The molecule has 150 valence electrons. The van der Waals surface area contributed by atoms with Crippen LogP contribution in [0, 0.1) is 0 Å². The zero-order valence-corrected chi connectivity index (χ0v) is 16.8. The van der Waals surface area contributed by atoms with E-state index >= 15 is 0 Å². The lowest BCUT2D eigenvalue weighted by Crippen LogP contribution is -2.48. The lowest BCUT2D eigenvalue weighted by molar-refractivity contribution is 0.0624. The van der Waals surface area contributed by atoms with Crippen molar-refractivity contribution in [2.24, 2.45) is 0 Å². The van der Waals surface area contributed by atoms with Gasteiger partial charge in [-0.25, -0.2) is 0 Å². The second kappa shape index (κ2) is 8.59. The van der Waals surface area contributed by atoms with Gasteiger partial charge in [0.15, 0.2) is 5.82 Å². The number of ether oxygens (including phenoxy) is 1. The van der Waals surface area contributed by atoms with E-state index in [0.29, 0.717) is 30.2 Å². The fraction of sp³-hybridized carbons (Fsp3) is 0.300. The van der Waals surface area contributed by atoms with E-state index in [0.717, 1.165) is 30.4 Å². The van der Waals surface area contributed by atoms with Gasteiger partial charge in [-0.15, -0.1) is 5.10 Å². The van der Waals surface area contributed by atoms with Gasteiger partial charge >= 0.3 is 0 Å². The summed E-state index contributed by atoms with van der Waals surface area (Å²) in [5.74, 6) is 1.57. The Bertz CT molecular complexity index is 965. The molecule has 0 radical (unpaired) electrons. The zero-order chi connectivity index (χ0) is 20.2. The summed E-state index contributed by atoms with van der Waals surface area (Å²) in [6.45, 7) is 3.45. The van der Waals surface area contributed by atoms with Crippen molar-refractivity contribution in [1.29, 1.82) is 0 Å². The highest BCUT2D eigenvalue weighted by Crippen LogP contribution is 2.17. The summed E-state index contributed by atoms with van der Waals surface area (Å²) >= 11 is 5.91. The third-order valence-electron chi connectivity index (χ3n) is 4.97. The molecular weight excluding hydrogens is 392 g/mol. The fourth-order valence-electron chi connectivity index (χ4n) is 3.31. The average Bonchev–Trinajstić information content (AvgIpc) is 3.22. The van der Waals surface area contributed by atoms with E-state index in [2.05, 4.69) is 20.4 Å². The predicted molar refractivity (Wildman–Crippen MR) is 108 cm³/mol. The van der Waals surface area contributed by atoms with E-state index in [-0.39, 0.29) is 5.91 Å². The fourth-order valence-corrected chi connectivity index (χ4v) is 3.44. The number of piperazine rings is 1. The van der Waals surface area contributed by atoms with Crippen LogP contribution in [0.4, 0.5) is 0 Å². The van der Waals surface area contributed by atoms with E-state index in [1.165, 1.54) is 0 Å². The summed E-state index contributed by atoms with van der Waals surface area (Å²) in [6, 6.07) is 14.6. The second-order valence-electron chi connectivity index (χ2n) is 6.78. The third kappa shape index (κ3) is 4.38. The summed E-state index contributed by atoms with van der Waals surface area (Å²) in [5.41, 5.74) is 1.54. The molecule has 0 spiro atoms. The molecule has 0 atom stereocenters. The van der Waals surface area contributed by atoms with Crippen molar-refractivity contribution in [3.63, 3.8) is 0 Å². The van der Waals surface area contributed by atoms with E-state index in [1.54, 1.807) is 36.1 Å². The number of aromatic nitrogens is 4. The molecule has 2 aromatic carbocycles. The molecule has 1 aromatic heterocycles. The Morgan fingerprint density at radius 3 is 2.38 bits per heavy atom. The number of carbonyl (C=O) groups excluding carboxylic acids is 1. The lowest BCUT2D eigenvalue weighted by atomic mass is 10.2. The number of hydrogen-bond donors (Lipinski definition) is 0. The van der Waals surface area contributed by atoms with Gasteiger partial charge < -0.3 is 9.64 Å². The molecule has 29 heavy (non-hydrogen) atoms. The number of benzene rings is 2. The van der Waals surface area contributed by atoms with E-state index in [1.807, 2.05) is 29.2 Å². The number of rotatable bonds is 5. The number of methoxy groups -OCH3 is 1. The molecule has 0 aliphatic carbocycles. The van der Waals surface area contributed by atoms with Gasteiger partial charge in [-0.1, -0.05) is 11.6 Å². The predicted octanol–water partition coefficient (Wildman–Crippen LogP) is 2.28. The van der Waals surface area contributed by atoms with Gasteiger partial charge in [-0.05, 0) is 59.0 Å². The Labute approximate surface area is 173 Å². The molecule has 0 N–H and O–H groups in total. The van der Waals surface area contributed by atoms with Crippen LogP contribution >= 0.6 is 11.6 Å². The van der Waals surface area contributed by atoms with Crippen molar-refractivity contribution >= 4 is 17.5 Å². The van der Waals surface area contributed by atoms with Gasteiger partial charge in [0.25, 0.3) is 5.91 Å². The smallest absolute Gasteiger partial charge is 0.253 e. The van der Waals surface area contributed by atoms with Crippen LogP contribution in [0.25, 0.3) is 5.69 Å². The normalized spacial score (nSPS) is 14.8. The maximum Gasteiger partial charge on any atom is 0.253 e. The minimum Gasteiger partial charge on any atom is -0.497 e. The maximum absolute atomic E-state index is 12.6. The first-order valence-corrected chi connectivity index (χ1v) is 9.71. The van der Waals surface area contributed by atoms with Crippen LogP contribution in [0.15, 0.2) is 48.5 Å². The summed E-state index contributed by atoms with van der Waals surface area (Å²) in [4.78, 5) is 16.8. The summed E-state index contributed by atoms with van der Waals surface area (Å²) < 4.78 is 6.92. The Morgan fingerprint density at radius 1 is 1.03 bits per heavy atom. The largest absolute Gasteiger partial charge is 0.497 e. The molecule has 0 unspecified atom stereocenters. The van der Waals surface area contributed by atoms with Crippen LogP contribution in [-0.2, 0) is 6.54 Å². The molecule has 1 amide bonds. The molecule has 3 aromatic rings. The van der Waals surface area contributed by atoms with Gasteiger partial charge in [0.05, 0.1) is 19.3 Å². The number of tetrazole rings is 1. The van der Waals surface area contributed by atoms with E-state index in [4.69, 9.17) is 16.3 Å². The van der Waals surface area contributed by atoms with E-state index < -0.39 is 0 Å². The Kier molecular flexibility index (Phi) is 5.73. The highest BCUT2D eigenvalue weighted by molar-refractivity contribution is 6.30. The second-order valence-corrected chi connectivity index (χ2v) is 7.22. The number of hydrogen-bond acceptors (Lipinski definition) is 6. The minimum absolute atomic E-state index is 0.0318. The summed E-state index contributed by atoms with van der Waals surface area (Å²) in [6.07, 6.45) is 0. The van der Waals surface area contributed by atoms with Crippen molar-refractivity contribution in [3.8, 4) is 11.4 Å². The van der Waals surface area contributed by atoms with Crippen molar-refractivity contribution in [2.45, 2.75) is 6.54 Å². The highest BCUT2D eigenvalue weighted by Gasteiger charge is 2.23. The topological polar surface area (TPSA) is 76.4 Å². The number of halogens is 1. The monoisotopic (exact) mass is 412 g/mol. The highest BCUT2D eigenvalue weighted by atomic mass is 35.5. The number of amides is 1. The Hall–Kier alpha value is -2.97. The van der Waals surface area contributed by atoms with Gasteiger partial charge in [0.1, 0.15) is 5.75 Å². The standard InChI is InChI=1S/C20H21ClN6O2/c1-29-18-8-6-17(7-9-18)27-19(22-23-24-27)14-25-10-12-26(13-11-25)20(28)15-2-4-16(21)5-3-15/h2-9H,10-14H2,1H3. The van der Waals surface area contributed by atoms with Crippen LogP contribution in [0.5, 0.6) is 5.75 Å². The third-order valence-corrected chi connectivity index (χ3v) is 5.22. The molecule has 1 fully saturated rings. The number of carbonyl (C=O) groups is 1. The van der Waals surface area contributed by atoms with E-state index in [9.17, 15) is 4.79 Å². The van der Waals surface area contributed by atoms with Crippen LogP contribution in [-0.4, -0.2) is 69.2 Å². The molecule has 1 aliphatic heterocycles. The quantitative estimate of drug-likeness (QED) is 0.640. The van der Waals surface area contributed by atoms with Crippen LogP contribution in [0.1, 0.15) is 16.2 Å². The molecule has 0 bridgehead atoms. The minimum atomic E-state index is 0.0318. The molecule has 0 saturated carbocycles. The first-order chi connectivity index (χ1) is 14.1. The lowest BCUT2D eigenvalue weighted by Gasteiger charge is -2.34. The molecule has 8 nitrogen and oxygen atoms in total. The summed E-state index contributed by atoms with van der Waals surface area (Å²) in [7, 11) is 1.63. The van der Waals surface area contributed by atoms with Crippen molar-refractivity contribution < 1.29 is 9.53 Å². The van der Waals surface area contributed by atoms with Crippen LogP contribution in [0.2, 0.25) is 5.02 Å². The Morgan fingerprint density at radius 2 is 1.72 bits per heavy atom. The van der Waals surface area contributed by atoms with Gasteiger partial charge in [-0.2, -0.15) is 4.68 Å². The van der Waals surface area contributed by atoms with Crippen molar-refractivity contribution in [3.05, 3.63) is 64.9 Å². The van der Waals surface area contributed by atoms with Gasteiger partial charge in [0.2, 0.25) is 0 Å². The summed E-state index contributed by atoms with van der Waals surface area (Å²) in [5, 5.41) is 12.7. The van der Waals surface area contributed by atoms with Crippen LogP contribution < -0.4 is 4.74 Å². The maximum atomic E-state index is 12.6. The zero-order valence-electron chi connectivity index (χ0n) is 16.0. The molecule has 1 saturated heterocycles. The van der Waals surface area contributed by atoms with Crippen LogP contribution in [0.3, 0.4) is 0 Å². The SMILES string of the molecule is COc1ccc(-n2nnnc2CN2CCN(C(=O)c3ccc(Cl)cc3)CC2)cc1. The van der Waals surface area contributed by atoms with Crippen molar-refractivity contribution in [2.75, 3.05) is 33.3 Å². The molecular formula is C20H21ClN6O2. The average molecular weight is 413 g/mol. The van der Waals surface area contributed by atoms with Gasteiger partial charge in [-0.3, -0.25) is 9.69 Å². The molecule has 1 aliphatic rings. The molecule has 9 heteroatoms.